The van der Waals surface area contributed by atoms with Crippen LogP contribution in [0.2, 0.25) is 0 Å². The first-order valence-electron chi connectivity index (χ1n) is 9.78. The highest BCUT2D eigenvalue weighted by atomic mass is 16.3. The number of aryl methyl sites for hydroxylation is 2. The van der Waals surface area contributed by atoms with Crippen LogP contribution in [0, 0.1) is 19.8 Å². The van der Waals surface area contributed by atoms with Crippen LogP contribution in [0.4, 0.5) is 16.2 Å². The molecule has 1 unspecified atom stereocenters. The third-order valence-corrected chi connectivity index (χ3v) is 5.11. The van der Waals surface area contributed by atoms with Crippen molar-refractivity contribution in [3.05, 3.63) is 53.9 Å². The molecule has 1 atom stereocenters. The molecule has 1 fully saturated rings. The maximum Gasteiger partial charge on any atom is 0.321 e. The Kier molecular flexibility index (Phi) is 5.20. The molecule has 4 rings (SSSR count). The van der Waals surface area contributed by atoms with Gasteiger partial charge in [0.1, 0.15) is 5.52 Å². The van der Waals surface area contributed by atoms with E-state index in [2.05, 4.69) is 15.6 Å². The number of nitrogens with one attached hydrogen (secondary N) is 2. The minimum atomic E-state index is -0.248. The Balaban J connectivity index is 1.39. The predicted octanol–water partition coefficient (Wildman–Crippen LogP) is 4.33. The van der Waals surface area contributed by atoms with E-state index in [4.69, 9.17) is 4.42 Å². The number of oxazole rings is 1. The zero-order valence-corrected chi connectivity index (χ0v) is 16.6. The monoisotopic (exact) mass is 392 g/mol. The highest BCUT2D eigenvalue weighted by molar-refractivity contribution is 5.95. The number of carbonyl (C=O) groups excluding carboxylic acids is 2. The molecule has 150 valence electrons. The van der Waals surface area contributed by atoms with Gasteiger partial charge in [-0.25, -0.2) is 9.78 Å². The van der Waals surface area contributed by atoms with Gasteiger partial charge in [-0.3, -0.25) is 4.79 Å². The standard InChI is InChI=1S/C22H24N4O3/c1-14-5-3-7-17(11-14)25-22(28)26-10-4-6-16(13-26)21(27)24-18-8-9-20-19(12-18)23-15(2)29-20/h3,5,7-9,11-12,16H,4,6,10,13H2,1-2H3,(H,24,27)(H,25,28). The van der Waals surface area contributed by atoms with Crippen LogP contribution >= 0.6 is 0 Å². The molecule has 0 aliphatic carbocycles. The third-order valence-electron chi connectivity index (χ3n) is 5.11. The Bertz CT molecular complexity index is 1060. The fourth-order valence-corrected chi connectivity index (χ4v) is 3.67. The number of carbonyl (C=O) groups is 2. The molecule has 0 bridgehead atoms. The molecule has 0 radical (unpaired) electrons. The van der Waals surface area contributed by atoms with E-state index in [0.29, 0.717) is 35.8 Å². The van der Waals surface area contributed by atoms with Crippen molar-refractivity contribution in [2.24, 2.45) is 5.92 Å². The number of rotatable bonds is 3. The van der Waals surface area contributed by atoms with E-state index >= 15 is 0 Å². The molecule has 1 aromatic heterocycles. The number of piperidine rings is 1. The largest absolute Gasteiger partial charge is 0.441 e. The average molecular weight is 392 g/mol. The zero-order valence-electron chi connectivity index (χ0n) is 16.6. The molecule has 0 spiro atoms. The van der Waals surface area contributed by atoms with E-state index in [1.165, 1.54) is 0 Å². The highest BCUT2D eigenvalue weighted by Crippen LogP contribution is 2.23. The van der Waals surface area contributed by atoms with E-state index in [1.807, 2.05) is 31.2 Å². The minimum absolute atomic E-state index is 0.0855. The van der Waals surface area contributed by atoms with Gasteiger partial charge in [-0.1, -0.05) is 12.1 Å². The normalized spacial score (nSPS) is 16.6. The van der Waals surface area contributed by atoms with Gasteiger partial charge >= 0.3 is 6.03 Å². The summed E-state index contributed by atoms with van der Waals surface area (Å²) in [5.74, 6) is 0.255. The third kappa shape index (κ3) is 4.39. The van der Waals surface area contributed by atoms with Crippen molar-refractivity contribution in [1.29, 1.82) is 0 Å². The first-order valence-corrected chi connectivity index (χ1v) is 9.78. The van der Waals surface area contributed by atoms with Gasteiger partial charge in [-0.2, -0.15) is 0 Å². The Morgan fingerprint density at radius 2 is 1.93 bits per heavy atom. The summed E-state index contributed by atoms with van der Waals surface area (Å²) >= 11 is 0. The topological polar surface area (TPSA) is 87.5 Å². The number of urea groups is 1. The lowest BCUT2D eigenvalue weighted by Crippen LogP contribution is -2.45. The van der Waals surface area contributed by atoms with Crippen LogP contribution in [-0.4, -0.2) is 34.9 Å². The van der Waals surface area contributed by atoms with Crippen molar-refractivity contribution in [1.82, 2.24) is 9.88 Å². The summed E-state index contributed by atoms with van der Waals surface area (Å²) in [5.41, 5.74) is 3.92. The van der Waals surface area contributed by atoms with Gasteiger partial charge in [0.2, 0.25) is 5.91 Å². The van der Waals surface area contributed by atoms with Crippen molar-refractivity contribution < 1.29 is 14.0 Å². The average Bonchev–Trinajstić information content (AvgIpc) is 3.07. The van der Waals surface area contributed by atoms with Gasteiger partial charge in [0.15, 0.2) is 11.5 Å². The van der Waals surface area contributed by atoms with Gasteiger partial charge in [-0.15, -0.1) is 0 Å². The van der Waals surface area contributed by atoms with E-state index in [0.717, 1.165) is 24.1 Å². The number of aromatic nitrogens is 1. The van der Waals surface area contributed by atoms with Crippen LogP contribution in [-0.2, 0) is 4.79 Å². The molecule has 2 aromatic carbocycles. The SMILES string of the molecule is Cc1cccc(NC(=O)N2CCCC(C(=O)Nc3ccc4oc(C)nc4c3)C2)c1. The summed E-state index contributed by atoms with van der Waals surface area (Å²) in [4.78, 5) is 31.4. The molecule has 7 nitrogen and oxygen atoms in total. The van der Waals surface area contributed by atoms with E-state index in [-0.39, 0.29) is 17.9 Å². The van der Waals surface area contributed by atoms with Crippen molar-refractivity contribution in [2.45, 2.75) is 26.7 Å². The summed E-state index contributed by atoms with van der Waals surface area (Å²) in [6.07, 6.45) is 1.55. The highest BCUT2D eigenvalue weighted by Gasteiger charge is 2.28. The first-order chi connectivity index (χ1) is 14.0. The van der Waals surface area contributed by atoms with Crippen molar-refractivity contribution in [3.8, 4) is 0 Å². The number of hydrogen-bond acceptors (Lipinski definition) is 4. The molecular weight excluding hydrogens is 368 g/mol. The van der Waals surface area contributed by atoms with Crippen molar-refractivity contribution >= 4 is 34.4 Å². The molecule has 3 amide bonds. The second-order valence-electron chi connectivity index (χ2n) is 7.49. The predicted molar refractivity (Wildman–Crippen MR) is 112 cm³/mol. The van der Waals surface area contributed by atoms with Gasteiger partial charge < -0.3 is 20.0 Å². The van der Waals surface area contributed by atoms with Gasteiger partial charge in [0, 0.05) is 31.4 Å². The minimum Gasteiger partial charge on any atom is -0.441 e. The van der Waals surface area contributed by atoms with Crippen molar-refractivity contribution in [2.75, 3.05) is 23.7 Å². The smallest absolute Gasteiger partial charge is 0.321 e. The molecular formula is C22H24N4O3. The number of fused-ring (bicyclic) bond motifs is 1. The molecule has 1 aliphatic rings. The lowest BCUT2D eigenvalue weighted by Gasteiger charge is -2.32. The van der Waals surface area contributed by atoms with Crippen LogP contribution in [0.15, 0.2) is 46.9 Å². The fourth-order valence-electron chi connectivity index (χ4n) is 3.67. The van der Waals surface area contributed by atoms with E-state index < -0.39 is 0 Å². The molecule has 1 aliphatic heterocycles. The van der Waals surface area contributed by atoms with Crippen LogP contribution in [0.5, 0.6) is 0 Å². The molecule has 2 heterocycles. The molecule has 3 aromatic rings. The van der Waals surface area contributed by atoms with Crippen LogP contribution in [0.3, 0.4) is 0 Å². The number of likely N-dealkylation sites (tertiary alicyclic amines) is 1. The van der Waals surface area contributed by atoms with Gasteiger partial charge in [0.25, 0.3) is 0 Å². The first kappa shape index (κ1) is 19.0. The maximum absolute atomic E-state index is 12.8. The molecule has 1 saturated heterocycles. The second-order valence-corrected chi connectivity index (χ2v) is 7.49. The second kappa shape index (κ2) is 7.95. The quantitative estimate of drug-likeness (QED) is 0.695. The number of nitrogens with zero attached hydrogens (tertiary/aromatic N) is 2. The number of hydrogen-bond donors (Lipinski definition) is 2. The Labute approximate surface area is 169 Å². The van der Waals surface area contributed by atoms with Crippen molar-refractivity contribution in [3.63, 3.8) is 0 Å². The zero-order chi connectivity index (χ0) is 20.4. The summed E-state index contributed by atoms with van der Waals surface area (Å²) in [6.45, 7) is 4.81. The molecule has 2 N–H and O–H groups in total. The summed E-state index contributed by atoms with van der Waals surface area (Å²) < 4.78 is 5.47. The lowest BCUT2D eigenvalue weighted by molar-refractivity contribution is -0.121. The number of benzene rings is 2. The molecule has 7 heteroatoms. The van der Waals surface area contributed by atoms with Gasteiger partial charge in [0.05, 0.1) is 5.92 Å². The van der Waals surface area contributed by atoms with Crippen LogP contribution in [0.1, 0.15) is 24.3 Å². The maximum atomic E-state index is 12.8. The summed E-state index contributed by atoms with van der Waals surface area (Å²) in [5, 5.41) is 5.87. The van der Waals surface area contributed by atoms with Crippen LogP contribution < -0.4 is 10.6 Å². The van der Waals surface area contributed by atoms with Gasteiger partial charge in [-0.05, 0) is 55.7 Å². The number of anilines is 2. The summed E-state index contributed by atoms with van der Waals surface area (Å²) in [7, 11) is 0. The lowest BCUT2D eigenvalue weighted by atomic mass is 9.97. The molecule has 0 saturated carbocycles. The number of amides is 3. The fraction of sp³-hybridized carbons (Fsp3) is 0.318. The van der Waals surface area contributed by atoms with E-state index in [1.54, 1.807) is 30.0 Å². The Morgan fingerprint density at radius 1 is 1.10 bits per heavy atom. The molecule has 29 heavy (non-hydrogen) atoms. The summed E-state index contributed by atoms with van der Waals surface area (Å²) in [6, 6.07) is 12.9. The Hall–Kier alpha value is -3.35. The Morgan fingerprint density at radius 3 is 2.76 bits per heavy atom. The van der Waals surface area contributed by atoms with E-state index in [9.17, 15) is 9.59 Å². The van der Waals surface area contributed by atoms with Crippen LogP contribution in [0.25, 0.3) is 11.1 Å².